The molecule has 1 fully saturated rings. The molecule has 1 aliphatic rings. The minimum atomic E-state index is 0.352. The maximum Gasteiger partial charge on any atom is 0.115 e. The van der Waals surface area contributed by atoms with Gasteiger partial charge in [0, 0.05) is 6.42 Å². The Bertz CT molecular complexity index is 131. The van der Waals surface area contributed by atoms with Crippen LogP contribution < -0.4 is 0 Å². The van der Waals surface area contributed by atoms with Crippen LogP contribution in [0.3, 0.4) is 0 Å². The third-order valence-corrected chi connectivity index (χ3v) is 1.63. The molecule has 0 aliphatic carbocycles. The predicted molar refractivity (Wildman–Crippen MR) is 38.1 cm³/mol. The van der Waals surface area contributed by atoms with Crippen LogP contribution in [0.15, 0.2) is 24.5 Å². The van der Waals surface area contributed by atoms with Crippen molar-refractivity contribution in [1.82, 2.24) is 0 Å². The van der Waals surface area contributed by atoms with Gasteiger partial charge in [0.05, 0.1) is 0 Å². The van der Waals surface area contributed by atoms with Crippen molar-refractivity contribution in [2.75, 3.05) is 0 Å². The molecule has 1 unspecified atom stereocenters. The van der Waals surface area contributed by atoms with E-state index in [1.54, 1.807) is 0 Å². The van der Waals surface area contributed by atoms with Gasteiger partial charge in [-0.3, -0.25) is 0 Å². The third kappa shape index (κ3) is 1.15. The van der Waals surface area contributed by atoms with E-state index in [0.717, 1.165) is 24.2 Å². The second-order valence-electron chi connectivity index (χ2n) is 2.38. The highest BCUT2D eigenvalue weighted by atomic mass is 16.5. The summed E-state index contributed by atoms with van der Waals surface area (Å²) in [6.07, 6.45) is 2.37. The lowest BCUT2D eigenvalue weighted by atomic mass is 10.1. The molecule has 1 rings (SSSR count). The van der Waals surface area contributed by atoms with Crippen LogP contribution in [-0.2, 0) is 4.74 Å². The Labute approximate surface area is 56.0 Å². The number of allylic oxidation sites excluding steroid dienone is 1. The Hall–Kier alpha value is -0.720. The summed E-state index contributed by atoms with van der Waals surface area (Å²) < 4.78 is 5.33. The van der Waals surface area contributed by atoms with Crippen LogP contribution >= 0.6 is 0 Å². The van der Waals surface area contributed by atoms with Gasteiger partial charge in [0.2, 0.25) is 0 Å². The lowest BCUT2D eigenvalue weighted by Crippen LogP contribution is -1.99. The fourth-order valence-electron chi connectivity index (χ4n) is 0.943. The first-order valence-electron chi connectivity index (χ1n) is 3.27. The summed E-state index contributed by atoms with van der Waals surface area (Å²) in [4.78, 5) is 0. The van der Waals surface area contributed by atoms with Crippen LogP contribution in [0, 0.1) is 0 Å². The van der Waals surface area contributed by atoms with Crippen LogP contribution in [0.2, 0.25) is 0 Å². The monoisotopic (exact) mass is 124 g/mol. The molecule has 0 aromatic rings. The van der Waals surface area contributed by atoms with E-state index < -0.39 is 0 Å². The van der Waals surface area contributed by atoms with Gasteiger partial charge >= 0.3 is 0 Å². The Morgan fingerprint density at radius 2 is 2.33 bits per heavy atom. The standard InChI is InChI=1S/C8H12O/c1-4-8-5-6(2)7(3)9-8/h8H,2-5H2,1H3. The first-order chi connectivity index (χ1) is 4.24. The molecule has 0 amide bonds. The topological polar surface area (TPSA) is 9.23 Å². The molecule has 9 heavy (non-hydrogen) atoms. The molecule has 1 aliphatic heterocycles. The maximum atomic E-state index is 5.33. The summed E-state index contributed by atoms with van der Waals surface area (Å²) in [7, 11) is 0. The van der Waals surface area contributed by atoms with Crippen LogP contribution in [-0.4, -0.2) is 6.10 Å². The second kappa shape index (κ2) is 2.26. The molecular weight excluding hydrogens is 112 g/mol. The lowest BCUT2D eigenvalue weighted by molar-refractivity contribution is 0.158. The van der Waals surface area contributed by atoms with Gasteiger partial charge in [-0.2, -0.15) is 0 Å². The van der Waals surface area contributed by atoms with Crippen molar-refractivity contribution in [2.45, 2.75) is 25.9 Å². The van der Waals surface area contributed by atoms with Crippen molar-refractivity contribution >= 4 is 0 Å². The van der Waals surface area contributed by atoms with E-state index in [2.05, 4.69) is 20.1 Å². The van der Waals surface area contributed by atoms with E-state index in [-0.39, 0.29) is 0 Å². The van der Waals surface area contributed by atoms with E-state index in [4.69, 9.17) is 4.74 Å². The summed E-state index contributed by atoms with van der Waals surface area (Å²) in [5, 5.41) is 0. The van der Waals surface area contributed by atoms with Crippen molar-refractivity contribution in [3.8, 4) is 0 Å². The smallest absolute Gasteiger partial charge is 0.115 e. The number of hydrogen-bond acceptors (Lipinski definition) is 1. The zero-order valence-corrected chi connectivity index (χ0v) is 5.81. The summed E-state index contributed by atoms with van der Waals surface area (Å²) in [6, 6.07) is 0. The molecule has 1 heteroatoms. The molecule has 0 aromatic heterocycles. The average Bonchev–Trinajstić information content (AvgIpc) is 2.13. The highest BCUT2D eigenvalue weighted by Crippen LogP contribution is 2.27. The summed E-state index contributed by atoms with van der Waals surface area (Å²) >= 11 is 0. The zero-order chi connectivity index (χ0) is 6.85. The molecule has 1 saturated heterocycles. The van der Waals surface area contributed by atoms with Crippen LogP contribution in [0.1, 0.15) is 19.8 Å². The van der Waals surface area contributed by atoms with E-state index in [1.807, 2.05) is 0 Å². The highest BCUT2D eigenvalue weighted by Gasteiger charge is 2.20. The van der Waals surface area contributed by atoms with Crippen molar-refractivity contribution < 1.29 is 4.74 Å². The first-order valence-corrected chi connectivity index (χ1v) is 3.27. The summed E-state index contributed by atoms with van der Waals surface area (Å²) in [6.45, 7) is 9.63. The van der Waals surface area contributed by atoms with Gasteiger partial charge in [-0.15, -0.1) is 0 Å². The maximum absolute atomic E-state index is 5.33. The second-order valence-corrected chi connectivity index (χ2v) is 2.38. The van der Waals surface area contributed by atoms with E-state index in [0.29, 0.717) is 6.10 Å². The Morgan fingerprint density at radius 1 is 1.67 bits per heavy atom. The largest absolute Gasteiger partial charge is 0.490 e. The Balaban J connectivity index is 2.54. The van der Waals surface area contributed by atoms with Crippen LogP contribution in [0.5, 0.6) is 0 Å². The third-order valence-electron chi connectivity index (χ3n) is 1.63. The van der Waals surface area contributed by atoms with Gasteiger partial charge in [-0.05, 0) is 12.0 Å². The normalized spacial score (nSPS) is 26.6. The molecule has 0 N–H and O–H groups in total. The van der Waals surface area contributed by atoms with Gasteiger partial charge < -0.3 is 4.74 Å². The molecule has 0 spiro atoms. The molecule has 0 bridgehead atoms. The highest BCUT2D eigenvalue weighted by molar-refractivity contribution is 5.24. The quantitative estimate of drug-likeness (QED) is 0.521. The van der Waals surface area contributed by atoms with Crippen molar-refractivity contribution in [1.29, 1.82) is 0 Å². The van der Waals surface area contributed by atoms with Crippen molar-refractivity contribution in [3.05, 3.63) is 24.5 Å². The molecule has 1 atom stereocenters. The van der Waals surface area contributed by atoms with Gasteiger partial charge in [0.1, 0.15) is 11.9 Å². The summed E-state index contributed by atoms with van der Waals surface area (Å²) in [5.41, 5.74) is 1.06. The molecule has 0 radical (unpaired) electrons. The average molecular weight is 124 g/mol. The fourth-order valence-corrected chi connectivity index (χ4v) is 0.943. The van der Waals surface area contributed by atoms with Gasteiger partial charge in [0.25, 0.3) is 0 Å². The number of ether oxygens (including phenoxy) is 1. The first kappa shape index (κ1) is 6.40. The van der Waals surface area contributed by atoms with E-state index in [9.17, 15) is 0 Å². The van der Waals surface area contributed by atoms with Crippen LogP contribution in [0.4, 0.5) is 0 Å². The molecule has 0 saturated carbocycles. The van der Waals surface area contributed by atoms with Crippen LogP contribution in [0.25, 0.3) is 0 Å². The molecule has 1 heterocycles. The van der Waals surface area contributed by atoms with E-state index in [1.165, 1.54) is 0 Å². The minimum Gasteiger partial charge on any atom is -0.490 e. The van der Waals surface area contributed by atoms with Gasteiger partial charge in [-0.1, -0.05) is 20.1 Å². The van der Waals surface area contributed by atoms with Gasteiger partial charge in [0.15, 0.2) is 0 Å². The zero-order valence-electron chi connectivity index (χ0n) is 5.81. The van der Waals surface area contributed by atoms with Crippen molar-refractivity contribution in [3.63, 3.8) is 0 Å². The molecular formula is C8H12O. The molecule has 50 valence electrons. The molecule has 0 aromatic carbocycles. The number of hydrogen-bond donors (Lipinski definition) is 0. The number of rotatable bonds is 1. The molecule has 1 nitrogen and oxygen atoms in total. The fraction of sp³-hybridized carbons (Fsp3) is 0.500. The van der Waals surface area contributed by atoms with E-state index >= 15 is 0 Å². The Morgan fingerprint density at radius 3 is 2.56 bits per heavy atom. The lowest BCUT2D eigenvalue weighted by Gasteiger charge is -2.03. The van der Waals surface area contributed by atoms with Crippen molar-refractivity contribution in [2.24, 2.45) is 0 Å². The predicted octanol–water partition coefficient (Wildman–Crippen LogP) is 2.26. The minimum absolute atomic E-state index is 0.352. The van der Waals surface area contributed by atoms with Gasteiger partial charge in [-0.25, -0.2) is 0 Å². The SMILES string of the molecule is C=C1CC(CC)OC1=C. The summed E-state index contributed by atoms with van der Waals surface area (Å²) in [5.74, 6) is 0.779. The Kier molecular flexibility index (Phi) is 1.60.